The standard InChI is InChI=1S/C31H30ClFN10O5S2/c1-48-38-23(22-26(32)50-31(34)37-22)27(44)36-24-28(45)43-25(30(46)47)19(16-49-29(24)43)15-41-9-6-21-39(10-11-42(21)41)14-18-5-4-17(12-20(18)33)13-35-40-7-2-3-8-40/h4-6,9-13,24,29H,2-3,7-8,14-16H2,1H3,(H3-,34,36,37,44,46,47)/p+1/b35-13?,38-23-/t24-,29-/m1/s1. The number of aromatic nitrogens is 4. The maximum atomic E-state index is 15.1. The molecule has 3 aliphatic heterocycles. The Balaban J connectivity index is 1.05. The van der Waals surface area contributed by atoms with Gasteiger partial charge >= 0.3 is 11.6 Å². The molecule has 260 valence electrons. The molecule has 2 fully saturated rings. The van der Waals surface area contributed by atoms with Crippen molar-refractivity contribution < 1.29 is 33.3 Å². The number of imidazole rings is 1. The molecule has 0 bridgehead atoms. The van der Waals surface area contributed by atoms with Crippen molar-refractivity contribution >= 4 is 75.2 Å². The summed E-state index contributed by atoms with van der Waals surface area (Å²) in [6.45, 7) is 2.29. The van der Waals surface area contributed by atoms with Gasteiger partial charge in [0.25, 0.3) is 11.8 Å². The summed E-state index contributed by atoms with van der Waals surface area (Å²) in [5.41, 5.74) is 7.79. The van der Waals surface area contributed by atoms with Crippen LogP contribution in [0.4, 0.5) is 9.52 Å². The van der Waals surface area contributed by atoms with E-state index in [2.05, 4.69) is 20.6 Å². The smallest absolute Gasteiger partial charge is 0.352 e. The van der Waals surface area contributed by atoms with Crippen LogP contribution in [0, 0.1) is 5.82 Å². The minimum Gasteiger partial charge on any atom is -0.477 e. The number of oxime groups is 1. The molecule has 0 aliphatic carbocycles. The van der Waals surface area contributed by atoms with Crippen LogP contribution in [0.3, 0.4) is 0 Å². The van der Waals surface area contributed by atoms with Gasteiger partial charge in [0.15, 0.2) is 17.0 Å². The number of thiazole rings is 1. The van der Waals surface area contributed by atoms with Crippen LogP contribution >= 0.6 is 34.7 Å². The van der Waals surface area contributed by atoms with E-state index < -0.39 is 29.2 Å². The van der Waals surface area contributed by atoms with Gasteiger partial charge in [0.2, 0.25) is 0 Å². The van der Waals surface area contributed by atoms with Gasteiger partial charge in [-0.1, -0.05) is 40.2 Å². The Labute approximate surface area is 297 Å². The van der Waals surface area contributed by atoms with Crippen LogP contribution in [0.1, 0.15) is 29.7 Å². The number of nitrogen functional groups attached to an aromatic ring is 1. The molecule has 3 aliphatic rings. The molecule has 6 heterocycles. The number of aliphatic carboxylic acids is 1. The fourth-order valence-electron chi connectivity index (χ4n) is 6.18. The van der Waals surface area contributed by atoms with E-state index in [0.29, 0.717) is 16.7 Å². The van der Waals surface area contributed by atoms with Crippen LogP contribution in [0.5, 0.6) is 0 Å². The van der Waals surface area contributed by atoms with Gasteiger partial charge < -0.3 is 21.0 Å². The Bertz CT molecular complexity index is 2100. The van der Waals surface area contributed by atoms with Gasteiger partial charge in [-0.2, -0.15) is 5.10 Å². The number of carboxylic acids is 1. The summed E-state index contributed by atoms with van der Waals surface area (Å²) in [7, 11) is 1.24. The molecule has 3 aromatic heterocycles. The summed E-state index contributed by atoms with van der Waals surface area (Å²) in [4.78, 5) is 49.0. The number of amides is 2. The first kappa shape index (κ1) is 33.6. The Morgan fingerprint density at radius 1 is 1.28 bits per heavy atom. The number of rotatable bonds is 11. The van der Waals surface area contributed by atoms with Crippen LogP contribution in [-0.4, -0.2) is 96.3 Å². The first-order valence-electron chi connectivity index (χ1n) is 15.5. The predicted molar refractivity (Wildman–Crippen MR) is 184 cm³/mol. The first-order valence-corrected chi connectivity index (χ1v) is 17.7. The van der Waals surface area contributed by atoms with Crippen LogP contribution in [-0.2, 0) is 32.3 Å². The molecule has 0 unspecified atom stereocenters. The summed E-state index contributed by atoms with van der Waals surface area (Å²) in [6, 6.07) is 5.91. The molecule has 0 radical (unpaired) electrons. The van der Waals surface area contributed by atoms with E-state index in [1.165, 1.54) is 29.8 Å². The van der Waals surface area contributed by atoms with Gasteiger partial charge in [-0.05, 0) is 30.0 Å². The number of thioether (sulfide) groups is 1. The zero-order valence-corrected chi connectivity index (χ0v) is 28.9. The highest BCUT2D eigenvalue weighted by Crippen LogP contribution is 2.41. The van der Waals surface area contributed by atoms with E-state index in [-0.39, 0.29) is 51.2 Å². The highest BCUT2D eigenvalue weighted by atomic mass is 35.5. The number of hydrogen-bond acceptors (Lipinski definition) is 11. The fourth-order valence-corrected chi connectivity index (χ4v) is 8.44. The number of anilines is 1. The average molecular weight is 742 g/mol. The molecule has 2 amide bonds. The summed E-state index contributed by atoms with van der Waals surface area (Å²) in [6.07, 6.45) is 9.35. The normalized spacial score (nSPS) is 19.4. The van der Waals surface area contributed by atoms with Crippen molar-refractivity contribution in [3.05, 3.63) is 81.1 Å². The molecule has 7 rings (SSSR count). The second-order valence-corrected chi connectivity index (χ2v) is 14.5. The molecule has 4 aromatic rings. The molecule has 2 atom stereocenters. The highest BCUT2D eigenvalue weighted by molar-refractivity contribution is 8.00. The minimum atomic E-state index is -1.26. The van der Waals surface area contributed by atoms with E-state index in [4.69, 9.17) is 22.2 Å². The number of fused-ring (bicyclic) bond motifs is 2. The molecule has 19 heteroatoms. The number of β-lactam (4-membered cyclic amide) rings is 1. The van der Waals surface area contributed by atoms with Crippen LogP contribution in [0.25, 0.3) is 5.65 Å². The number of halogens is 2. The summed E-state index contributed by atoms with van der Waals surface area (Å²) in [5.74, 6) is -2.67. The molecule has 15 nitrogen and oxygen atoms in total. The number of benzene rings is 1. The molecular weight excluding hydrogens is 711 g/mol. The SMILES string of the molecule is CO/N=C(\C(=O)N[C@@H]1C(=O)N2C(C(=O)O)=C(Cn3ccc4n3cc[n+]4Cc3ccc(C=NN4CCCC4)cc3F)CS[C@H]12)c1nc(N)sc1Cl. The van der Waals surface area contributed by atoms with Crippen LogP contribution < -0.4 is 15.6 Å². The third kappa shape index (κ3) is 6.29. The van der Waals surface area contributed by atoms with Crippen molar-refractivity contribution in [2.45, 2.75) is 37.3 Å². The van der Waals surface area contributed by atoms with Crippen molar-refractivity contribution in [1.82, 2.24) is 29.4 Å². The second-order valence-electron chi connectivity index (χ2n) is 11.7. The van der Waals surface area contributed by atoms with Gasteiger partial charge in [-0.3, -0.25) is 19.5 Å². The zero-order chi connectivity index (χ0) is 35.1. The second kappa shape index (κ2) is 13.8. The summed E-state index contributed by atoms with van der Waals surface area (Å²) >= 11 is 8.45. The van der Waals surface area contributed by atoms with Gasteiger partial charge in [0, 0.05) is 24.4 Å². The number of hydrazone groups is 1. The van der Waals surface area contributed by atoms with E-state index in [1.807, 2.05) is 43.3 Å². The van der Waals surface area contributed by atoms with Crippen LogP contribution in [0.15, 0.2) is 64.4 Å². The number of carboxylic acid groups (broad SMARTS) is 1. The van der Waals surface area contributed by atoms with Crippen molar-refractivity contribution in [3.8, 4) is 0 Å². The summed E-state index contributed by atoms with van der Waals surface area (Å²) < 4.78 is 20.8. The Morgan fingerprint density at radius 3 is 2.78 bits per heavy atom. The quantitative estimate of drug-likeness (QED) is 0.0900. The molecule has 50 heavy (non-hydrogen) atoms. The molecule has 0 saturated carbocycles. The number of nitrogens with two attached hydrogens (primary N) is 1. The van der Waals surface area contributed by atoms with Gasteiger partial charge in [-0.15, -0.1) is 16.3 Å². The lowest BCUT2D eigenvalue weighted by Gasteiger charge is -2.49. The third-order valence-electron chi connectivity index (χ3n) is 8.57. The number of hydrogen-bond donors (Lipinski definition) is 3. The van der Waals surface area contributed by atoms with Gasteiger partial charge in [0.05, 0.1) is 25.0 Å². The molecular formula is C31H31ClFN10O5S2+. The minimum absolute atomic E-state index is 0.00696. The maximum absolute atomic E-state index is 15.1. The van der Waals surface area contributed by atoms with Crippen molar-refractivity contribution in [1.29, 1.82) is 0 Å². The summed E-state index contributed by atoms with van der Waals surface area (Å²) in [5, 5.41) is 22.4. The molecule has 1 aromatic carbocycles. The number of nitrogens with zero attached hydrogens (tertiary/aromatic N) is 8. The topological polar surface area (TPSA) is 176 Å². The lowest BCUT2D eigenvalue weighted by atomic mass is 10.0. The van der Waals surface area contributed by atoms with Gasteiger partial charge in [0.1, 0.15) is 52.8 Å². The van der Waals surface area contributed by atoms with Gasteiger partial charge in [-0.25, -0.2) is 23.4 Å². The highest BCUT2D eigenvalue weighted by Gasteiger charge is 2.54. The zero-order valence-electron chi connectivity index (χ0n) is 26.5. The van der Waals surface area contributed by atoms with Crippen LogP contribution in [0.2, 0.25) is 4.34 Å². The Kier molecular flexibility index (Phi) is 9.23. The van der Waals surface area contributed by atoms with Crippen molar-refractivity contribution in [3.63, 3.8) is 0 Å². The Hall–Kier alpha value is -4.94. The molecule has 2 saturated heterocycles. The third-order valence-corrected chi connectivity index (χ3v) is 11.0. The lowest BCUT2D eigenvalue weighted by Crippen LogP contribution is -2.71. The largest absolute Gasteiger partial charge is 0.477 e. The van der Waals surface area contributed by atoms with E-state index in [9.17, 15) is 19.5 Å². The fraction of sp³-hybridized carbons (Fsp3) is 0.323. The molecule has 4 N–H and O–H groups in total. The van der Waals surface area contributed by atoms with Crippen molar-refractivity contribution in [2.75, 3.05) is 31.7 Å². The van der Waals surface area contributed by atoms with Crippen molar-refractivity contribution in [2.24, 2.45) is 10.3 Å². The predicted octanol–water partition coefficient (Wildman–Crippen LogP) is 2.13. The monoisotopic (exact) mass is 741 g/mol. The Morgan fingerprint density at radius 2 is 2.08 bits per heavy atom. The number of carbonyl (C=O) groups is 3. The first-order chi connectivity index (χ1) is 24.1. The van der Waals surface area contributed by atoms with E-state index >= 15 is 4.39 Å². The number of carbonyl (C=O) groups excluding carboxylic acids is 2. The lowest BCUT2D eigenvalue weighted by molar-refractivity contribution is -0.662. The molecule has 0 spiro atoms. The van der Waals surface area contributed by atoms with E-state index in [0.717, 1.165) is 42.9 Å². The average Bonchev–Trinajstić information content (AvgIpc) is 3.90. The maximum Gasteiger partial charge on any atom is 0.352 e. The number of nitrogens with one attached hydrogen (secondary N) is 1. The van der Waals surface area contributed by atoms with E-state index in [1.54, 1.807) is 18.5 Å².